The summed E-state index contributed by atoms with van der Waals surface area (Å²) in [6.07, 6.45) is 6.32. The first-order chi connectivity index (χ1) is 10.6. The molecule has 0 aromatic carbocycles. The van der Waals surface area contributed by atoms with Crippen LogP contribution in [0.15, 0.2) is 23.4 Å². The van der Waals surface area contributed by atoms with Crippen LogP contribution in [-0.2, 0) is 9.59 Å². The Labute approximate surface area is 134 Å². The molecule has 0 unspecified atom stereocenters. The van der Waals surface area contributed by atoms with Crippen LogP contribution in [0.3, 0.4) is 0 Å². The number of pyridine rings is 1. The van der Waals surface area contributed by atoms with Crippen molar-refractivity contribution in [3.63, 3.8) is 0 Å². The average Bonchev–Trinajstić information content (AvgIpc) is 2.52. The third-order valence-electron chi connectivity index (χ3n) is 4.43. The number of thioether (sulfide) groups is 1. The van der Waals surface area contributed by atoms with Gasteiger partial charge in [0.25, 0.3) is 0 Å². The quantitative estimate of drug-likeness (QED) is 0.928. The monoisotopic (exact) mass is 319 g/mol. The summed E-state index contributed by atoms with van der Waals surface area (Å²) in [5, 5.41) is 3.93. The van der Waals surface area contributed by atoms with Crippen molar-refractivity contribution < 1.29 is 9.59 Å². The standard InChI is InChI=1S/C16H21N3O2S/c1-11-5-2-3-6-12(11)18-14(20)9-19-13-7-4-8-17-16(13)22-10-15(19)21/h4,7-8,11-12H,2-3,5-6,9-10H2,1H3,(H,18,20)/t11-,12-/m0/s1. The number of carbonyl (C=O) groups excluding carboxylic acids is 2. The number of fused-ring (bicyclic) bond motifs is 1. The Balaban J connectivity index is 1.67. The first kappa shape index (κ1) is 15.3. The normalized spacial score (nSPS) is 24.8. The zero-order valence-electron chi connectivity index (χ0n) is 12.7. The summed E-state index contributed by atoms with van der Waals surface area (Å²) in [6.45, 7) is 2.27. The summed E-state index contributed by atoms with van der Waals surface area (Å²) in [5.74, 6) is 0.752. The van der Waals surface area contributed by atoms with Crippen LogP contribution in [0, 0.1) is 5.92 Å². The fourth-order valence-electron chi connectivity index (χ4n) is 3.14. The van der Waals surface area contributed by atoms with E-state index in [9.17, 15) is 9.59 Å². The van der Waals surface area contributed by atoms with Gasteiger partial charge in [-0.05, 0) is 30.9 Å². The Bertz CT molecular complexity index is 578. The second kappa shape index (κ2) is 6.69. The van der Waals surface area contributed by atoms with Crippen LogP contribution in [0.1, 0.15) is 32.6 Å². The number of amides is 2. The van der Waals surface area contributed by atoms with Gasteiger partial charge in [0.2, 0.25) is 11.8 Å². The number of hydrogen-bond donors (Lipinski definition) is 1. The molecule has 22 heavy (non-hydrogen) atoms. The molecule has 5 nitrogen and oxygen atoms in total. The van der Waals surface area contributed by atoms with Crippen molar-refractivity contribution in [1.82, 2.24) is 10.3 Å². The van der Waals surface area contributed by atoms with Crippen LogP contribution in [0.5, 0.6) is 0 Å². The molecule has 1 aliphatic carbocycles. The molecule has 118 valence electrons. The number of nitrogens with one attached hydrogen (secondary N) is 1. The third kappa shape index (κ3) is 3.27. The Hall–Kier alpha value is -1.56. The van der Waals surface area contributed by atoms with Gasteiger partial charge in [-0.3, -0.25) is 14.5 Å². The molecule has 0 bridgehead atoms. The number of nitrogens with zero attached hydrogens (tertiary/aromatic N) is 2. The highest BCUT2D eigenvalue weighted by molar-refractivity contribution is 8.00. The summed E-state index contributed by atoms with van der Waals surface area (Å²) in [4.78, 5) is 30.3. The molecule has 6 heteroatoms. The lowest BCUT2D eigenvalue weighted by Crippen LogP contribution is -2.48. The molecule has 2 atom stereocenters. The predicted molar refractivity (Wildman–Crippen MR) is 86.9 cm³/mol. The summed E-state index contributed by atoms with van der Waals surface area (Å²) in [7, 11) is 0. The molecule has 0 saturated heterocycles. The van der Waals surface area contributed by atoms with Gasteiger partial charge in [0.1, 0.15) is 11.6 Å². The number of carbonyl (C=O) groups is 2. The molecule has 1 aromatic rings. The molecule has 1 fully saturated rings. The molecule has 2 amide bonds. The Morgan fingerprint density at radius 2 is 2.27 bits per heavy atom. The minimum absolute atomic E-state index is 0.0302. The molecular weight excluding hydrogens is 298 g/mol. The van der Waals surface area contributed by atoms with E-state index < -0.39 is 0 Å². The zero-order chi connectivity index (χ0) is 15.5. The van der Waals surface area contributed by atoms with Crippen LogP contribution in [0.25, 0.3) is 0 Å². The van der Waals surface area contributed by atoms with Crippen molar-refractivity contribution in [3.8, 4) is 0 Å². The number of hydrogen-bond acceptors (Lipinski definition) is 4. The Kier molecular flexibility index (Phi) is 4.66. The van der Waals surface area contributed by atoms with Gasteiger partial charge in [0.05, 0.1) is 11.4 Å². The van der Waals surface area contributed by atoms with E-state index in [4.69, 9.17) is 0 Å². The highest BCUT2D eigenvalue weighted by Gasteiger charge is 2.29. The van der Waals surface area contributed by atoms with E-state index in [0.717, 1.165) is 23.6 Å². The predicted octanol–water partition coefficient (Wildman–Crippen LogP) is 2.22. The molecule has 2 aliphatic rings. The van der Waals surface area contributed by atoms with E-state index in [1.165, 1.54) is 24.6 Å². The van der Waals surface area contributed by atoms with Crippen molar-refractivity contribution in [2.75, 3.05) is 17.2 Å². The zero-order valence-corrected chi connectivity index (χ0v) is 13.6. The fraction of sp³-hybridized carbons (Fsp3) is 0.562. The second-order valence-electron chi connectivity index (χ2n) is 6.03. The molecule has 2 heterocycles. The maximum absolute atomic E-state index is 12.3. The topological polar surface area (TPSA) is 62.3 Å². The van der Waals surface area contributed by atoms with E-state index in [-0.39, 0.29) is 24.4 Å². The smallest absolute Gasteiger partial charge is 0.240 e. The van der Waals surface area contributed by atoms with Gasteiger partial charge in [-0.15, -0.1) is 0 Å². The van der Waals surface area contributed by atoms with Gasteiger partial charge in [-0.2, -0.15) is 0 Å². The van der Waals surface area contributed by atoms with Crippen LogP contribution >= 0.6 is 11.8 Å². The second-order valence-corrected chi connectivity index (χ2v) is 7.00. The summed E-state index contributed by atoms with van der Waals surface area (Å²) >= 11 is 1.43. The van der Waals surface area contributed by atoms with Gasteiger partial charge in [-0.1, -0.05) is 31.5 Å². The molecule has 0 radical (unpaired) electrons. The van der Waals surface area contributed by atoms with Crippen LogP contribution < -0.4 is 10.2 Å². The van der Waals surface area contributed by atoms with Gasteiger partial charge in [-0.25, -0.2) is 4.98 Å². The summed E-state index contributed by atoms with van der Waals surface area (Å²) < 4.78 is 0. The highest BCUT2D eigenvalue weighted by Crippen LogP contribution is 2.32. The van der Waals surface area contributed by atoms with Crippen molar-refractivity contribution in [1.29, 1.82) is 0 Å². The number of rotatable bonds is 3. The van der Waals surface area contributed by atoms with Gasteiger partial charge >= 0.3 is 0 Å². The van der Waals surface area contributed by atoms with Crippen LogP contribution in [-0.4, -0.2) is 35.1 Å². The summed E-state index contributed by atoms with van der Waals surface area (Å²) in [5.41, 5.74) is 0.746. The molecular formula is C16H21N3O2S. The maximum Gasteiger partial charge on any atom is 0.240 e. The average molecular weight is 319 g/mol. The fourth-order valence-corrected chi connectivity index (χ4v) is 4.02. The van der Waals surface area contributed by atoms with E-state index in [1.807, 2.05) is 6.07 Å². The van der Waals surface area contributed by atoms with Crippen molar-refractivity contribution in [2.24, 2.45) is 5.92 Å². The largest absolute Gasteiger partial charge is 0.352 e. The van der Waals surface area contributed by atoms with E-state index in [0.29, 0.717) is 11.7 Å². The van der Waals surface area contributed by atoms with E-state index >= 15 is 0 Å². The molecule has 3 rings (SSSR count). The lowest BCUT2D eigenvalue weighted by atomic mass is 9.86. The first-order valence-electron chi connectivity index (χ1n) is 7.82. The van der Waals surface area contributed by atoms with E-state index in [2.05, 4.69) is 17.2 Å². The molecule has 1 N–H and O–H groups in total. The Morgan fingerprint density at radius 3 is 3.09 bits per heavy atom. The van der Waals surface area contributed by atoms with Crippen LogP contribution in [0.4, 0.5) is 5.69 Å². The van der Waals surface area contributed by atoms with Gasteiger partial charge in [0.15, 0.2) is 0 Å². The first-order valence-corrected chi connectivity index (χ1v) is 8.81. The molecule has 1 aromatic heterocycles. The van der Waals surface area contributed by atoms with Crippen molar-refractivity contribution in [2.45, 2.75) is 43.7 Å². The van der Waals surface area contributed by atoms with Crippen molar-refractivity contribution >= 4 is 29.3 Å². The van der Waals surface area contributed by atoms with E-state index in [1.54, 1.807) is 17.2 Å². The molecule has 1 saturated carbocycles. The Morgan fingerprint density at radius 1 is 1.45 bits per heavy atom. The highest BCUT2D eigenvalue weighted by atomic mass is 32.2. The third-order valence-corrected chi connectivity index (χ3v) is 5.41. The lowest BCUT2D eigenvalue weighted by molar-refractivity contribution is -0.123. The minimum atomic E-state index is -0.0752. The summed E-state index contributed by atoms with van der Waals surface area (Å²) in [6, 6.07) is 3.89. The molecule has 1 aliphatic heterocycles. The lowest BCUT2D eigenvalue weighted by Gasteiger charge is -2.31. The SMILES string of the molecule is C[C@H]1CCCC[C@@H]1NC(=O)CN1C(=O)CSc2ncccc21. The van der Waals surface area contributed by atoms with Gasteiger partial charge in [0, 0.05) is 12.2 Å². The maximum atomic E-state index is 12.3. The molecule has 0 spiro atoms. The number of anilines is 1. The van der Waals surface area contributed by atoms with Crippen molar-refractivity contribution in [3.05, 3.63) is 18.3 Å². The minimum Gasteiger partial charge on any atom is -0.352 e. The van der Waals surface area contributed by atoms with Gasteiger partial charge < -0.3 is 5.32 Å². The van der Waals surface area contributed by atoms with Crippen LogP contribution in [0.2, 0.25) is 0 Å². The number of aromatic nitrogens is 1.